The van der Waals surface area contributed by atoms with E-state index in [2.05, 4.69) is 22.9 Å². The van der Waals surface area contributed by atoms with Gasteiger partial charge >= 0.3 is 16.4 Å². The van der Waals surface area contributed by atoms with E-state index >= 15 is 0 Å². The van der Waals surface area contributed by atoms with Crippen LogP contribution in [0, 0.1) is 0 Å². The number of rotatable bonds is 14. The number of hydrogen-bond acceptors (Lipinski definition) is 6. The number of carbonyl (C=O) groups excluding carboxylic acids is 3. The van der Waals surface area contributed by atoms with Gasteiger partial charge in [0.25, 0.3) is 0 Å². The van der Waals surface area contributed by atoms with Crippen LogP contribution in [-0.4, -0.2) is 55.1 Å². The second-order valence-electron chi connectivity index (χ2n) is 10.4. The zero-order valence-corrected chi connectivity index (χ0v) is 24.2. The maximum absolute atomic E-state index is 13.5. The summed E-state index contributed by atoms with van der Waals surface area (Å²) in [6.07, 6.45) is 2.23. The molecule has 40 heavy (non-hydrogen) atoms. The van der Waals surface area contributed by atoms with E-state index in [-0.39, 0.29) is 24.4 Å². The van der Waals surface area contributed by atoms with Crippen molar-refractivity contribution >= 4 is 33.9 Å². The fourth-order valence-electron chi connectivity index (χ4n) is 3.79. The lowest BCUT2D eigenvalue weighted by Crippen LogP contribution is -2.55. The molecule has 0 aliphatic heterocycles. The molecule has 0 aliphatic rings. The number of anilines is 1. The molecule has 3 amide bonds. The number of hydrogen-bond donors (Lipinski definition) is 5. The summed E-state index contributed by atoms with van der Waals surface area (Å²) in [5, 5.41) is 8.26. The zero-order valence-electron chi connectivity index (χ0n) is 23.4. The fraction of sp³-hybridized carbons (Fsp3) is 0.464. The highest BCUT2D eigenvalue weighted by atomic mass is 32.2. The Kier molecular flexibility index (Phi) is 12.4. The van der Waals surface area contributed by atoms with Crippen molar-refractivity contribution in [2.75, 3.05) is 11.3 Å². The van der Waals surface area contributed by atoms with Gasteiger partial charge in [0, 0.05) is 19.4 Å². The van der Waals surface area contributed by atoms with Gasteiger partial charge < -0.3 is 20.7 Å². The standard InChI is InChI=1S/C28H40N4O7S/c1-5-6-10-17-29-25(33)23(19-21-13-15-22(16-14-21)32-40(36,37)38)30-26(34)24(18-20-11-8-7-9-12-20)31-27(35)39-28(2,3)4/h7-9,11-16,23-24,32H,5-6,10,17-19H2,1-4H3,(H,29,33)(H,30,34)(H,31,35)(H,36,37,38)/t23-,24+/m0/s1. The fourth-order valence-corrected chi connectivity index (χ4v) is 4.23. The van der Waals surface area contributed by atoms with Gasteiger partial charge in [-0.25, -0.2) is 4.79 Å². The molecule has 12 heteroatoms. The molecule has 0 heterocycles. The van der Waals surface area contributed by atoms with E-state index in [1.54, 1.807) is 32.9 Å². The van der Waals surface area contributed by atoms with E-state index in [0.717, 1.165) is 24.8 Å². The lowest BCUT2D eigenvalue weighted by Gasteiger charge is -2.25. The number of unbranched alkanes of at least 4 members (excludes halogenated alkanes) is 2. The maximum atomic E-state index is 13.5. The summed E-state index contributed by atoms with van der Waals surface area (Å²) in [7, 11) is -4.43. The van der Waals surface area contributed by atoms with Crippen LogP contribution in [0.5, 0.6) is 0 Å². The van der Waals surface area contributed by atoms with Gasteiger partial charge in [0.1, 0.15) is 17.7 Å². The third-order valence-corrected chi connectivity index (χ3v) is 6.14. The molecule has 2 atom stereocenters. The lowest BCUT2D eigenvalue weighted by molar-refractivity contribution is -0.130. The number of nitrogens with one attached hydrogen (secondary N) is 4. The second-order valence-corrected chi connectivity index (χ2v) is 11.6. The smallest absolute Gasteiger partial charge is 0.408 e. The first-order valence-electron chi connectivity index (χ1n) is 13.2. The number of alkyl carbamates (subject to hydrolysis) is 1. The third kappa shape index (κ3) is 12.9. The highest BCUT2D eigenvalue weighted by Gasteiger charge is 2.29. The van der Waals surface area contributed by atoms with Gasteiger partial charge in [-0.1, -0.05) is 62.2 Å². The van der Waals surface area contributed by atoms with Crippen molar-refractivity contribution in [2.24, 2.45) is 0 Å². The molecule has 0 saturated carbocycles. The first-order valence-corrected chi connectivity index (χ1v) is 14.7. The molecule has 0 aromatic heterocycles. The summed E-state index contributed by atoms with van der Waals surface area (Å²) in [6.45, 7) is 7.65. The molecule has 0 bridgehead atoms. The van der Waals surface area contributed by atoms with Crippen LogP contribution in [0.1, 0.15) is 58.1 Å². The monoisotopic (exact) mass is 576 g/mol. The van der Waals surface area contributed by atoms with Gasteiger partial charge in [0.05, 0.1) is 5.69 Å². The lowest BCUT2D eigenvalue weighted by atomic mass is 10.0. The van der Waals surface area contributed by atoms with Gasteiger partial charge in [0.2, 0.25) is 11.8 Å². The molecule has 0 spiro atoms. The third-order valence-electron chi connectivity index (χ3n) is 5.64. The summed E-state index contributed by atoms with van der Waals surface area (Å²) in [4.78, 5) is 39.2. The van der Waals surface area contributed by atoms with Crippen molar-refractivity contribution in [3.8, 4) is 0 Å². The van der Waals surface area contributed by atoms with E-state index in [4.69, 9.17) is 9.29 Å². The highest BCUT2D eigenvalue weighted by molar-refractivity contribution is 7.87. The molecule has 2 rings (SSSR count). The SMILES string of the molecule is CCCCCNC(=O)[C@H](Cc1ccc(NS(=O)(=O)O)cc1)NC(=O)[C@@H](Cc1ccccc1)NC(=O)OC(C)(C)C. The van der Waals surface area contributed by atoms with Gasteiger partial charge in [-0.3, -0.25) is 18.9 Å². The summed E-state index contributed by atoms with van der Waals surface area (Å²) in [5.41, 5.74) is 0.811. The normalized spacial score (nSPS) is 13.0. The van der Waals surface area contributed by atoms with Gasteiger partial charge in [0.15, 0.2) is 0 Å². The van der Waals surface area contributed by atoms with Crippen molar-refractivity contribution in [1.29, 1.82) is 0 Å². The largest absolute Gasteiger partial charge is 0.444 e. The second kappa shape index (κ2) is 15.2. The van der Waals surface area contributed by atoms with E-state index in [0.29, 0.717) is 12.1 Å². The van der Waals surface area contributed by atoms with E-state index in [1.807, 2.05) is 35.1 Å². The Balaban J connectivity index is 2.24. The molecule has 0 radical (unpaired) electrons. The maximum Gasteiger partial charge on any atom is 0.408 e. The highest BCUT2D eigenvalue weighted by Crippen LogP contribution is 2.14. The molecule has 5 N–H and O–H groups in total. The Hall–Kier alpha value is -3.64. The molecule has 0 unspecified atom stereocenters. The minimum Gasteiger partial charge on any atom is -0.444 e. The topological polar surface area (TPSA) is 163 Å². The van der Waals surface area contributed by atoms with Gasteiger partial charge in [-0.2, -0.15) is 8.42 Å². The Morgan fingerprint density at radius 2 is 1.43 bits per heavy atom. The first-order chi connectivity index (χ1) is 18.8. The average molecular weight is 577 g/mol. The van der Waals surface area contributed by atoms with Crippen LogP contribution in [0.15, 0.2) is 54.6 Å². The van der Waals surface area contributed by atoms with E-state index < -0.39 is 40.0 Å². The van der Waals surface area contributed by atoms with Crippen LogP contribution in [0.25, 0.3) is 0 Å². The van der Waals surface area contributed by atoms with Crippen LogP contribution < -0.4 is 20.7 Å². The molecular weight excluding hydrogens is 536 g/mol. The van der Waals surface area contributed by atoms with Crippen LogP contribution in [0.2, 0.25) is 0 Å². The molecule has 220 valence electrons. The van der Waals surface area contributed by atoms with Crippen molar-refractivity contribution in [2.45, 2.75) is 77.5 Å². The predicted molar refractivity (Wildman–Crippen MR) is 153 cm³/mol. The minimum atomic E-state index is -4.43. The molecule has 0 aliphatic carbocycles. The number of carbonyl (C=O) groups is 3. The van der Waals surface area contributed by atoms with Crippen molar-refractivity contribution in [3.63, 3.8) is 0 Å². The predicted octanol–water partition coefficient (Wildman–Crippen LogP) is 3.37. The minimum absolute atomic E-state index is 0.0992. The van der Waals surface area contributed by atoms with Crippen LogP contribution >= 0.6 is 0 Å². The quantitative estimate of drug-likeness (QED) is 0.170. The Bertz CT molecular complexity index is 1210. The Morgan fingerprint density at radius 1 is 0.850 bits per heavy atom. The summed E-state index contributed by atoms with van der Waals surface area (Å²) < 4.78 is 38.4. The zero-order chi connectivity index (χ0) is 29.8. The molecule has 2 aromatic carbocycles. The van der Waals surface area contributed by atoms with Crippen molar-refractivity contribution in [3.05, 3.63) is 65.7 Å². The van der Waals surface area contributed by atoms with Crippen molar-refractivity contribution < 1.29 is 32.1 Å². The van der Waals surface area contributed by atoms with Gasteiger partial charge in [-0.15, -0.1) is 0 Å². The summed E-state index contributed by atoms with van der Waals surface area (Å²) in [5.74, 6) is -0.951. The van der Waals surface area contributed by atoms with Crippen LogP contribution in [-0.2, 0) is 37.5 Å². The summed E-state index contributed by atoms with van der Waals surface area (Å²) in [6, 6.07) is 13.2. The van der Waals surface area contributed by atoms with Crippen LogP contribution in [0.3, 0.4) is 0 Å². The first kappa shape index (κ1) is 32.6. The van der Waals surface area contributed by atoms with E-state index in [1.165, 1.54) is 12.1 Å². The molecule has 11 nitrogen and oxygen atoms in total. The summed E-state index contributed by atoms with van der Waals surface area (Å²) >= 11 is 0. The molecule has 0 saturated heterocycles. The molecule has 0 fully saturated rings. The van der Waals surface area contributed by atoms with E-state index in [9.17, 15) is 22.8 Å². The average Bonchev–Trinajstić information content (AvgIpc) is 2.85. The number of benzene rings is 2. The van der Waals surface area contributed by atoms with Gasteiger partial charge in [-0.05, 0) is 50.5 Å². The number of ether oxygens (including phenoxy) is 1. The van der Waals surface area contributed by atoms with Crippen molar-refractivity contribution in [1.82, 2.24) is 16.0 Å². The molecule has 2 aromatic rings. The Morgan fingerprint density at radius 3 is 1.98 bits per heavy atom. The molecular formula is C28H40N4O7S. The number of amides is 3. The Labute approximate surface area is 236 Å². The van der Waals surface area contributed by atoms with Crippen LogP contribution in [0.4, 0.5) is 10.5 Å².